The van der Waals surface area contributed by atoms with Crippen molar-refractivity contribution in [2.45, 2.75) is 24.9 Å². The molecule has 2 saturated heterocycles. The molecule has 6 heteroatoms. The number of nitrogens with one attached hydrogen (secondary N) is 1. The predicted octanol–water partition coefficient (Wildman–Crippen LogP) is -0.459. The molecule has 2 aliphatic heterocycles. The van der Waals surface area contributed by atoms with Crippen LogP contribution in [0, 0.1) is 0 Å². The quantitative estimate of drug-likeness (QED) is 0.738. The summed E-state index contributed by atoms with van der Waals surface area (Å²) in [6, 6.07) is 0.511. The third-order valence-electron chi connectivity index (χ3n) is 3.41. The van der Waals surface area contributed by atoms with Crippen molar-refractivity contribution >= 4 is 0 Å². The van der Waals surface area contributed by atoms with Crippen LogP contribution in [0.1, 0.15) is 24.9 Å². The second-order valence-electron chi connectivity index (χ2n) is 4.42. The lowest BCUT2D eigenvalue weighted by Gasteiger charge is -2.27. The zero-order valence-corrected chi connectivity index (χ0v) is 9.13. The van der Waals surface area contributed by atoms with E-state index in [1.807, 2.05) is 0 Å². The molecule has 0 aromatic carbocycles. The fraction of sp³-hybridized carbons (Fsp3) is 0.800. The topological polar surface area (TPSA) is 61.1 Å². The van der Waals surface area contributed by atoms with E-state index in [-0.39, 0.29) is 11.7 Å². The maximum Gasteiger partial charge on any atom is 0.346 e. The standard InChI is InChI=1S/C10H16N4O2/c15-10-13(9-5-11-6-9)7-12-14(10)8-1-3-16-4-2-8/h7-9,11H,1-6H2. The van der Waals surface area contributed by atoms with Crippen LogP contribution in [0.5, 0.6) is 0 Å². The molecule has 0 atom stereocenters. The highest BCUT2D eigenvalue weighted by molar-refractivity contribution is 4.86. The Morgan fingerprint density at radius 3 is 2.69 bits per heavy atom. The van der Waals surface area contributed by atoms with Crippen molar-refractivity contribution in [2.75, 3.05) is 26.3 Å². The molecule has 3 heterocycles. The molecule has 1 aromatic rings. The highest BCUT2D eigenvalue weighted by atomic mass is 16.5. The average Bonchev–Trinajstić information content (AvgIpc) is 2.60. The van der Waals surface area contributed by atoms with Gasteiger partial charge >= 0.3 is 5.69 Å². The Morgan fingerprint density at radius 1 is 1.31 bits per heavy atom. The summed E-state index contributed by atoms with van der Waals surface area (Å²) < 4.78 is 8.66. The van der Waals surface area contributed by atoms with E-state index in [1.165, 1.54) is 0 Å². The monoisotopic (exact) mass is 224 g/mol. The first-order chi connectivity index (χ1) is 7.86. The van der Waals surface area contributed by atoms with Gasteiger partial charge in [0.05, 0.1) is 12.1 Å². The lowest BCUT2D eigenvalue weighted by atomic mass is 10.1. The summed E-state index contributed by atoms with van der Waals surface area (Å²) in [7, 11) is 0. The van der Waals surface area contributed by atoms with Crippen molar-refractivity contribution in [3.8, 4) is 0 Å². The van der Waals surface area contributed by atoms with Crippen molar-refractivity contribution < 1.29 is 4.74 Å². The van der Waals surface area contributed by atoms with E-state index >= 15 is 0 Å². The average molecular weight is 224 g/mol. The van der Waals surface area contributed by atoms with Crippen LogP contribution >= 0.6 is 0 Å². The van der Waals surface area contributed by atoms with Gasteiger partial charge in [0.1, 0.15) is 6.33 Å². The van der Waals surface area contributed by atoms with E-state index < -0.39 is 0 Å². The first-order valence-corrected chi connectivity index (χ1v) is 5.80. The molecule has 0 radical (unpaired) electrons. The SMILES string of the molecule is O=c1n(C2CNC2)cnn1C1CCOCC1. The number of rotatable bonds is 2. The van der Waals surface area contributed by atoms with Gasteiger partial charge in [-0.3, -0.25) is 4.57 Å². The van der Waals surface area contributed by atoms with Crippen LogP contribution in [-0.2, 0) is 4.74 Å². The van der Waals surface area contributed by atoms with Gasteiger partial charge in [-0.05, 0) is 12.8 Å². The van der Waals surface area contributed by atoms with E-state index in [2.05, 4.69) is 10.4 Å². The summed E-state index contributed by atoms with van der Waals surface area (Å²) in [4.78, 5) is 12.1. The van der Waals surface area contributed by atoms with Crippen molar-refractivity contribution in [1.29, 1.82) is 0 Å². The Bertz CT molecular complexity index is 415. The molecule has 0 saturated carbocycles. The maximum absolute atomic E-state index is 12.1. The molecule has 1 aromatic heterocycles. The summed E-state index contributed by atoms with van der Waals surface area (Å²) in [5.41, 5.74) is 0.0263. The van der Waals surface area contributed by atoms with Crippen molar-refractivity contribution in [2.24, 2.45) is 0 Å². The smallest absolute Gasteiger partial charge is 0.346 e. The molecular formula is C10H16N4O2. The second kappa shape index (κ2) is 4.03. The minimum atomic E-state index is 0.0263. The van der Waals surface area contributed by atoms with Crippen molar-refractivity contribution in [1.82, 2.24) is 19.7 Å². The predicted molar refractivity (Wildman–Crippen MR) is 57.5 cm³/mol. The van der Waals surface area contributed by atoms with E-state index in [0.717, 1.165) is 39.1 Å². The molecule has 0 unspecified atom stereocenters. The summed E-state index contributed by atoms with van der Waals surface area (Å²) >= 11 is 0. The van der Waals surface area contributed by atoms with Crippen LogP contribution in [-0.4, -0.2) is 40.7 Å². The summed E-state index contributed by atoms with van der Waals surface area (Å²) in [5, 5.41) is 7.39. The molecule has 0 spiro atoms. The van der Waals surface area contributed by atoms with E-state index in [1.54, 1.807) is 15.6 Å². The van der Waals surface area contributed by atoms with Crippen LogP contribution in [0.25, 0.3) is 0 Å². The number of hydrogen-bond donors (Lipinski definition) is 1. The number of nitrogens with zero attached hydrogens (tertiary/aromatic N) is 3. The Balaban J connectivity index is 1.84. The van der Waals surface area contributed by atoms with Gasteiger partial charge < -0.3 is 10.1 Å². The normalized spacial score (nSPS) is 23.2. The number of aromatic nitrogens is 3. The van der Waals surface area contributed by atoms with Gasteiger partial charge in [0.25, 0.3) is 0 Å². The summed E-state index contributed by atoms with van der Waals surface area (Å²) in [5.74, 6) is 0. The first-order valence-electron chi connectivity index (χ1n) is 5.80. The molecule has 3 rings (SSSR count). The molecule has 0 aliphatic carbocycles. The van der Waals surface area contributed by atoms with E-state index in [0.29, 0.717) is 6.04 Å². The number of ether oxygens (including phenoxy) is 1. The molecular weight excluding hydrogens is 208 g/mol. The van der Waals surface area contributed by atoms with Crippen LogP contribution in [0.15, 0.2) is 11.1 Å². The van der Waals surface area contributed by atoms with Crippen LogP contribution in [0.3, 0.4) is 0 Å². The molecule has 0 bridgehead atoms. The molecule has 2 fully saturated rings. The van der Waals surface area contributed by atoms with Crippen molar-refractivity contribution in [3.05, 3.63) is 16.8 Å². The third-order valence-corrected chi connectivity index (χ3v) is 3.41. The second-order valence-corrected chi connectivity index (χ2v) is 4.42. The third kappa shape index (κ3) is 1.58. The molecule has 6 nitrogen and oxygen atoms in total. The molecule has 1 N–H and O–H groups in total. The molecule has 88 valence electrons. The summed E-state index contributed by atoms with van der Waals surface area (Å²) in [6.45, 7) is 3.21. The Labute approximate surface area is 93.2 Å². The fourth-order valence-electron chi connectivity index (χ4n) is 2.23. The van der Waals surface area contributed by atoms with Gasteiger partial charge in [0, 0.05) is 26.3 Å². The van der Waals surface area contributed by atoms with Gasteiger partial charge in [-0.2, -0.15) is 5.10 Å². The minimum absolute atomic E-state index is 0.0263. The molecule has 2 aliphatic rings. The van der Waals surface area contributed by atoms with E-state index in [9.17, 15) is 4.79 Å². The van der Waals surface area contributed by atoms with Crippen LogP contribution in [0.4, 0.5) is 0 Å². The van der Waals surface area contributed by atoms with Gasteiger partial charge in [-0.15, -0.1) is 0 Å². The van der Waals surface area contributed by atoms with Crippen LogP contribution in [0.2, 0.25) is 0 Å². The van der Waals surface area contributed by atoms with Crippen molar-refractivity contribution in [3.63, 3.8) is 0 Å². The lowest BCUT2D eigenvalue weighted by Crippen LogP contribution is -2.47. The minimum Gasteiger partial charge on any atom is -0.381 e. The first kappa shape index (κ1) is 10.0. The van der Waals surface area contributed by atoms with Gasteiger partial charge in [-0.25, -0.2) is 9.48 Å². The van der Waals surface area contributed by atoms with E-state index in [4.69, 9.17) is 4.74 Å². The number of hydrogen-bond acceptors (Lipinski definition) is 4. The lowest BCUT2D eigenvalue weighted by molar-refractivity contribution is 0.0649. The van der Waals surface area contributed by atoms with Gasteiger partial charge in [0.15, 0.2) is 0 Å². The summed E-state index contributed by atoms with van der Waals surface area (Å²) in [6.07, 6.45) is 3.45. The van der Waals surface area contributed by atoms with Gasteiger partial charge in [-0.1, -0.05) is 0 Å². The Morgan fingerprint density at radius 2 is 2.06 bits per heavy atom. The molecule has 16 heavy (non-hydrogen) atoms. The maximum atomic E-state index is 12.1. The largest absolute Gasteiger partial charge is 0.381 e. The Hall–Kier alpha value is -1.14. The van der Waals surface area contributed by atoms with Gasteiger partial charge in [0.2, 0.25) is 0 Å². The highest BCUT2D eigenvalue weighted by Crippen LogP contribution is 2.18. The fourth-order valence-corrected chi connectivity index (χ4v) is 2.23. The van der Waals surface area contributed by atoms with Crippen LogP contribution < -0.4 is 11.0 Å². The zero-order chi connectivity index (χ0) is 11.0. The zero-order valence-electron chi connectivity index (χ0n) is 9.13. The molecule has 0 amide bonds. The Kier molecular flexibility index (Phi) is 2.53. The highest BCUT2D eigenvalue weighted by Gasteiger charge is 2.25.